The summed E-state index contributed by atoms with van der Waals surface area (Å²) in [6.07, 6.45) is 28.3. The van der Waals surface area contributed by atoms with Crippen molar-refractivity contribution in [3.05, 3.63) is 30.1 Å². The van der Waals surface area contributed by atoms with E-state index in [0.29, 0.717) is 0 Å². The molecule has 0 N–H and O–H groups in total. The van der Waals surface area contributed by atoms with Crippen LogP contribution in [0, 0.1) is 0 Å². The SMILES string of the molecule is CCCCCCCCCCC[n+]1ccc(CCCCCCCCC)cc1. The first kappa shape index (κ1) is 23.2. The number of hydrogen-bond donors (Lipinski definition) is 0. The van der Waals surface area contributed by atoms with Crippen LogP contribution in [0.4, 0.5) is 0 Å². The van der Waals surface area contributed by atoms with Gasteiger partial charge < -0.3 is 0 Å². The fraction of sp³-hybridized carbons (Fsp3) is 0.800. The highest BCUT2D eigenvalue weighted by molar-refractivity contribution is 5.07. The number of hydrogen-bond acceptors (Lipinski definition) is 0. The van der Waals surface area contributed by atoms with Gasteiger partial charge in [0.05, 0.1) is 0 Å². The predicted octanol–water partition coefficient (Wildman–Crippen LogP) is 7.80. The fourth-order valence-corrected chi connectivity index (χ4v) is 3.70. The summed E-state index contributed by atoms with van der Waals surface area (Å²) in [4.78, 5) is 0. The lowest BCUT2D eigenvalue weighted by molar-refractivity contribution is -0.697. The summed E-state index contributed by atoms with van der Waals surface area (Å²) in [6.45, 7) is 5.77. The summed E-state index contributed by atoms with van der Waals surface area (Å²) in [5.74, 6) is 0. The lowest BCUT2D eigenvalue weighted by Gasteiger charge is -2.03. The summed E-state index contributed by atoms with van der Waals surface area (Å²) in [5, 5.41) is 0. The first-order valence-electron chi connectivity index (χ1n) is 11.8. The van der Waals surface area contributed by atoms with Crippen molar-refractivity contribution >= 4 is 0 Å². The largest absolute Gasteiger partial charge is 0.205 e. The molecule has 0 aliphatic carbocycles. The van der Waals surface area contributed by atoms with E-state index in [4.69, 9.17) is 0 Å². The van der Waals surface area contributed by atoms with Crippen LogP contribution in [0.25, 0.3) is 0 Å². The molecule has 0 bridgehead atoms. The highest BCUT2D eigenvalue weighted by Crippen LogP contribution is 2.11. The molecule has 0 aliphatic rings. The van der Waals surface area contributed by atoms with Gasteiger partial charge in [-0.1, -0.05) is 97.3 Å². The zero-order chi connectivity index (χ0) is 18.7. The summed E-state index contributed by atoms with van der Waals surface area (Å²) in [6, 6.07) is 4.68. The first-order chi connectivity index (χ1) is 12.9. The average Bonchev–Trinajstić information content (AvgIpc) is 2.67. The smallest absolute Gasteiger partial charge is 0.169 e. The van der Waals surface area contributed by atoms with Crippen molar-refractivity contribution in [1.29, 1.82) is 0 Å². The van der Waals surface area contributed by atoms with Crippen LogP contribution in [-0.2, 0) is 13.0 Å². The lowest BCUT2D eigenvalue weighted by atomic mass is 10.1. The van der Waals surface area contributed by atoms with Crippen LogP contribution in [-0.4, -0.2) is 0 Å². The van der Waals surface area contributed by atoms with Crippen LogP contribution in [0.1, 0.15) is 122 Å². The molecule has 1 nitrogen and oxygen atoms in total. The quantitative estimate of drug-likeness (QED) is 0.186. The van der Waals surface area contributed by atoms with Crippen LogP contribution in [0.15, 0.2) is 24.5 Å². The molecule has 1 aromatic rings. The second-order valence-corrected chi connectivity index (χ2v) is 8.14. The number of aryl methyl sites for hydroxylation is 2. The molecule has 0 saturated heterocycles. The van der Waals surface area contributed by atoms with Crippen molar-refractivity contribution in [2.24, 2.45) is 0 Å². The molecular weight excluding hydrogens is 314 g/mol. The summed E-state index contributed by atoms with van der Waals surface area (Å²) in [5.41, 5.74) is 1.52. The van der Waals surface area contributed by atoms with Crippen molar-refractivity contribution in [3.63, 3.8) is 0 Å². The van der Waals surface area contributed by atoms with Gasteiger partial charge in [-0.2, -0.15) is 0 Å². The Balaban J connectivity index is 1.97. The van der Waals surface area contributed by atoms with E-state index in [1.807, 2.05) is 0 Å². The maximum atomic E-state index is 2.37. The minimum atomic E-state index is 1.19. The molecule has 26 heavy (non-hydrogen) atoms. The van der Waals surface area contributed by atoms with Gasteiger partial charge in [-0.15, -0.1) is 0 Å². The maximum Gasteiger partial charge on any atom is 0.169 e. The van der Waals surface area contributed by atoms with Gasteiger partial charge >= 0.3 is 0 Å². The van der Waals surface area contributed by atoms with E-state index < -0.39 is 0 Å². The Kier molecular flexibility index (Phi) is 15.7. The van der Waals surface area contributed by atoms with E-state index in [1.165, 1.54) is 121 Å². The molecule has 1 heteroatoms. The van der Waals surface area contributed by atoms with Crippen LogP contribution in [0.2, 0.25) is 0 Å². The third-order valence-corrected chi connectivity index (χ3v) is 5.55. The third kappa shape index (κ3) is 13.4. The summed E-state index contributed by atoms with van der Waals surface area (Å²) >= 11 is 0. The zero-order valence-electron chi connectivity index (χ0n) is 18.0. The van der Waals surface area contributed by atoms with Gasteiger partial charge in [0.1, 0.15) is 6.54 Å². The number of unbranched alkanes of at least 4 members (excludes halogenated alkanes) is 14. The normalized spacial score (nSPS) is 11.2. The number of pyridine rings is 1. The Bertz CT molecular complexity index is 395. The van der Waals surface area contributed by atoms with E-state index in [-0.39, 0.29) is 0 Å². The standard InChI is InChI=1S/C25H46N/c1-3-5-7-9-11-12-14-16-18-22-26-23-20-25(21-24-26)19-17-15-13-10-8-6-4-2/h20-21,23-24H,3-19,22H2,1-2H3/q+1. The Morgan fingerprint density at radius 3 is 1.46 bits per heavy atom. The molecule has 0 saturated carbocycles. The number of nitrogens with zero attached hydrogens (tertiary/aromatic N) is 1. The van der Waals surface area contributed by atoms with E-state index in [1.54, 1.807) is 0 Å². The lowest BCUT2D eigenvalue weighted by Crippen LogP contribution is -2.32. The molecule has 1 rings (SSSR count). The Labute approximate surface area is 164 Å². The number of rotatable bonds is 18. The van der Waals surface area contributed by atoms with Crippen molar-refractivity contribution in [1.82, 2.24) is 0 Å². The molecule has 0 spiro atoms. The van der Waals surface area contributed by atoms with Gasteiger partial charge in [0.25, 0.3) is 0 Å². The van der Waals surface area contributed by atoms with Gasteiger partial charge in [0.2, 0.25) is 0 Å². The third-order valence-electron chi connectivity index (χ3n) is 5.55. The Morgan fingerprint density at radius 2 is 0.962 bits per heavy atom. The average molecular weight is 361 g/mol. The van der Waals surface area contributed by atoms with Crippen LogP contribution >= 0.6 is 0 Å². The summed E-state index contributed by atoms with van der Waals surface area (Å²) < 4.78 is 2.37. The molecular formula is C25H46N+. The van der Waals surface area contributed by atoms with E-state index >= 15 is 0 Å². The van der Waals surface area contributed by atoms with E-state index in [2.05, 4.69) is 42.9 Å². The molecule has 0 radical (unpaired) electrons. The number of aromatic nitrogens is 1. The summed E-state index contributed by atoms with van der Waals surface area (Å²) in [7, 11) is 0. The molecule has 0 aromatic carbocycles. The van der Waals surface area contributed by atoms with E-state index in [9.17, 15) is 0 Å². The van der Waals surface area contributed by atoms with Gasteiger partial charge in [0.15, 0.2) is 12.4 Å². The second-order valence-electron chi connectivity index (χ2n) is 8.14. The van der Waals surface area contributed by atoms with Gasteiger partial charge in [-0.25, -0.2) is 4.57 Å². The van der Waals surface area contributed by atoms with Crippen molar-refractivity contribution in [3.8, 4) is 0 Å². The highest BCUT2D eigenvalue weighted by Gasteiger charge is 2.01. The second kappa shape index (κ2) is 17.6. The van der Waals surface area contributed by atoms with Crippen molar-refractivity contribution < 1.29 is 4.57 Å². The molecule has 0 amide bonds. The van der Waals surface area contributed by atoms with Crippen LogP contribution in [0.3, 0.4) is 0 Å². The Hall–Kier alpha value is -0.850. The van der Waals surface area contributed by atoms with Crippen molar-refractivity contribution in [2.75, 3.05) is 0 Å². The van der Waals surface area contributed by atoms with Crippen molar-refractivity contribution in [2.45, 2.75) is 130 Å². The van der Waals surface area contributed by atoms with E-state index in [0.717, 1.165) is 0 Å². The Morgan fingerprint density at radius 1 is 0.538 bits per heavy atom. The van der Waals surface area contributed by atoms with Gasteiger partial charge in [-0.05, 0) is 24.8 Å². The first-order valence-corrected chi connectivity index (χ1v) is 11.8. The van der Waals surface area contributed by atoms with Crippen LogP contribution < -0.4 is 4.57 Å². The highest BCUT2D eigenvalue weighted by atomic mass is 14.9. The molecule has 0 aliphatic heterocycles. The molecule has 0 atom stereocenters. The minimum absolute atomic E-state index is 1.19. The molecule has 150 valence electrons. The molecule has 1 aromatic heterocycles. The molecule has 0 unspecified atom stereocenters. The topological polar surface area (TPSA) is 3.88 Å². The zero-order valence-corrected chi connectivity index (χ0v) is 18.0. The minimum Gasteiger partial charge on any atom is -0.205 e. The van der Waals surface area contributed by atoms with Crippen LogP contribution in [0.5, 0.6) is 0 Å². The molecule has 1 heterocycles. The van der Waals surface area contributed by atoms with Gasteiger partial charge in [0, 0.05) is 18.6 Å². The predicted molar refractivity (Wildman–Crippen MR) is 116 cm³/mol. The van der Waals surface area contributed by atoms with Gasteiger partial charge in [-0.3, -0.25) is 0 Å². The molecule has 0 fully saturated rings. The monoisotopic (exact) mass is 360 g/mol. The maximum absolute atomic E-state index is 2.37. The fourth-order valence-electron chi connectivity index (χ4n) is 3.70.